The first-order valence-electron chi connectivity index (χ1n) is 4.60. The molecule has 0 aliphatic carbocycles. The van der Waals surface area contributed by atoms with Crippen LogP contribution in [-0.2, 0) is 6.42 Å². The van der Waals surface area contributed by atoms with E-state index in [9.17, 15) is 0 Å². The summed E-state index contributed by atoms with van der Waals surface area (Å²) in [6.45, 7) is 4.49. The Labute approximate surface area is 88.1 Å². The Morgan fingerprint density at radius 3 is 2.92 bits per heavy atom. The number of thioether (sulfide) groups is 1. The van der Waals surface area contributed by atoms with E-state index in [0.717, 1.165) is 5.92 Å². The van der Waals surface area contributed by atoms with E-state index in [4.69, 9.17) is 0 Å². The lowest BCUT2D eigenvalue weighted by molar-refractivity contribution is 0.771. The lowest BCUT2D eigenvalue weighted by Gasteiger charge is -2.05. The van der Waals surface area contributed by atoms with Gasteiger partial charge in [-0.05, 0) is 35.3 Å². The molecule has 2 heterocycles. The Balaban J connectivity index is 2.06. The number of hydrogen-bond donors (Lipinski definition) is 0. The van der Waals surface area contributed by atoms with Crippen LogP contribution in [0.4, 0.5) is 0 Å². The molecule has 0 bridgehead atoms. The van der Waals surface area contributed by atoms with Crippen molar-refractivity contribution in [1.82, 2.24) is 0 Å². The lowest BCUT2D eigenvalue weighted by atomic mass is 10.0. The molecule has 1 aromatic heterocycles. The van der Waals surface area contributed by atoms with Gasteiger partial charge in [0.2, 0.25) is 0 Å². The highest BCUT2D eigenvalue weighted by Crippen LogP contribution is 2.31. The molecule has 0 aromatic carbocycles. The van der Waals surface area contributed by atoms with Crippen LogP contribution in [0.1, 0.15) is 17.4 Å². The second-order valence-electron chi connectivity index (χ2n) is 3.69. The average molecular weight is 210 g/mol. The van der Waals surface area contributed by atoms with Crippen molar-refractivity contribution < 1.29 is 0 Å². The molecule has 1 aliphatic rings. The quantitative estimate of drug-likeness (QED) is 0.714. The highest BCUT2D eigenvalue weighted by Gasteiger charge is 2.15. The molecular formula is C11H14S2. The molecule has 0 N–H and O–H groups in total. The summed E-state index contributed by atoms with van der Waals surface area (Å²) in [6.07, 6.45) is 1.17. The van der Waals surface area contributed by atoms with Crippen molar-refractivity contribution in [2.45, 2.75) is 20.3 Å². The maximum Gasteiger partial charge on any atom is 0.00888 e. The Hall–Kier alpha value is -0.210. The Bertz CT molecular complexity index is 323. The molecule has 0 fully saturated rings. The molecule has 1 atom stereocenters. The fourth-order valence-electron chi connectivity index (χ4n) is 1.52. The summed E-state index contributed by atoms with van der Waals surface area (Å²) in [7, 11) is 0. The molecule has 0 saturated carbocycles. The fourth-order valence-corrected chi connectivity index (χ4v) is 3.56. The number of rotatable bonds is 2. The van der Waals surface area contributed by atoms with Gasteiger partial charge in [0.25, 0.3) is 0 Å². The minimum atomic E-state index is 0.785. The molecule has 0 amide bonds. The van der Waals surface area contributed by atoms with Gasteiger partial charge in [-0.25, -0.2) is 0 Å². The van der Waals surface area contributed by atoms with Crippen LogP contribution in [0.25, 0.3) is 0 Å². The van der Waals surface area contributed by atoms with Gasteiger partial charge in [0, 0.05) is 17.1 Å². The zero-order chi connectivity index (χ0) is 9.26. The summed E-state index contributed by atoms with van der Waals surface area (Å²) in [6, 6.07) is 2.31. The predicted octanol–water partition coefficient (Wildman–Crippen LogP) is 3.87. The van der Waals surface area contributed by atoms with Gasteiger partial charge in [0.05, 0.1) is 0 Å². The van der Waals surface area contributed by atoms with E-state index in [1.165, 1.54) is 22.6 Å². The summed E-state index contributed by atoms with van der Waals surface area (Å²) < 4.78 is 0. The summed E-state index contributed by atoms with van der Waals surface area (Å²) in [5, 5.41) is 4.59. The van der Waals surface area contributed by atoms with Gasteiger partial charge in [-0.2, -0.15) is 0 Å². The van der Waals surface area contributed by atoms with E-state index >= 15 is 0 Å². The lowest BCUT2D eigenvalue weighted by Crippen LogP contribution is -1.98. The third-order valence-corrected chi connectivity index (χ3v) is 4.59. The van der Waals surface area contributed by atoms with Crippen LogP contribution in [0.3, 0.4) is 0 Å². The first kappa shape index (κ1) is 9.35. The van der Waals surface area contributed by atoms with Gasteiger partial charge in [-0.1, -0.05) is 12.5 Å². The van der Waals surface area contributed by atoms with Crippen molar-refractivity contribution in [3.05, 3.63) is 32.9 Å². The van der Waals surface area contributed by atoms with Crippen LogP contribution in [-0.4, -0.2) is 5.75 Å². The monoisotopic (exact) mass is 210 g/mol. The van der Waals surface area contributed by atoms with Crippen molar-refractivity contribution >= 4 is 23.1 Å². The SMILES string of the molecule is Cc1csc(CC2=CSCC2C)c1. The summed E-state index contributed by atoms with van der Waals surface area (Å²) in [5.74, 6) is 2.06. The second kappa shape index (κ2) is 3.89. The maximum absolute atomic E-state index is 2.35. The summed E-state index contributed by atoms with van der Waals surface area (Å²) in [5.41, 5.74) is 3.02. The molecule has 1 unspecified atom stereocenters. The molecule has 2 heteroatoms. The van der Waals surface area contributed by atoms with E-state index in [1.54, 1.807) is 5.57 Å². The molecule has 1 aliphatic heterocycles. The summed E-state index contributed by atoms with van der Waals surface area (Å²) >= 11 is 3.85. The van der Waals surface area contributed by atoms with Crippen LogP contribution < -0.4 is 0 Å². The molecule has 0 spiro atoms. The van der Waals surface area contributed by atoms with E-state index in [-0.39, 0.29) is 0 Å². The molecule has 70 valence electrons. The molecule has 0 saturated heterocycles. The van der Waals surface area contributed by atoms with E-state index in [2.05, 4.69) is 30.7 Å². The number of aryl methyl sites for hydroxylation is 1. The van der Waals surface area contributed by atoms with Gasteiger partial charge in [0.1, 0.15) is 0 Å². The van der Waals surface area contributed by atoms with Crippen LogP contribution >= 0.6 is 23.1 Å². The fraction of sp³-hybridized carbons (Fsp3) is 0.455. The topological polar surface area (TPSA) is 0 Å². The smallest absolute Gasteiger partial charge is 0.00888 e. The standard InChI is InChI=1S/C11H14S2/c1-8-3-11(13-5-8)4-10-7-12-6-9(10)2/h3,5,7,9H,4,6H2,1-2H3. The highest BCUT2D eigenvalue weighted by molar-refractivity contribution is 8.02. The van der Waals surface area contributed by atoms with E-state index in [1.807, 2.05) is 23.1 Å². The third kappa shape index (κ3) is 2.18. The van der Waals surface area contributed by atoms with E-state index < -0.39 is 0 Å². The zero-order valence-corrected chi connectivity index (χ0v) is 9.67. The van der Waals surface area contributed by atoms with Gasteiger partial charge in [-0.15, -0.1) is 23.1 Å². The molecule has 0 radical (unpaired) electrons. The number of hydrogen-bond acceptors (Lipinski definition) is 2. The largest absolute Gasteiger partial charge is 0.148 e. The predicted molar refractivity (Wildman–Crippen MR) is 62.5 cm³/mol. The molecule has 13 heavy (non-hydrogen) atoms. The van der Waals surface area contributed by atoms with Gasteiger partial charge in [0.15, 0.2) is 0 Å². The third-order valence-electron chi connectivity index (χ3n) is 2.38. The molecular weight excluding hydrogens is 196 g/mol. The van der Waals surface area contributed by atoms with Gasteiger partial charge in [-0.3, -0.25) is 0 Å². The minimum absolute atomic E-state index is 0.785. The minimum Gasteiger partial charge on any atom is -0.148 e. The zero-order valence-electron chi connectivity index (χ0n) is 8.04. The van der Waals surface area contributed by atoms with Crippen molar-refractivity contribution in [3.63, 3.8) is 0 Å². The van der Waals surface area contributed by atoms with E-state index in [0.29, 0.717) is 0 Å². The second-order valence-corrected chi connectivity index (χ2v) is 5.59. The Morgan fingerprint density at radius 2 is 2.38 bits per heavy atom. The first-order chi connectivity index (χ1) is 6.25. The number of thiophene rings is 1. The Kier molecular flexibility index (Phi) is 2.80. The van der Waals surface area contributed by atoms with Crippen molar-refractivity contribution in [2.24, 2.45) is 5.92 Å². The van der Waals surface area contributed by atoms with Gasteiger partial charge < -0.3 is 0 Å². The molecule has 0 nitrogen and oxygen atoms in total. The van der Waals surface area contributed by atoms with Crippen LogP contribution in [0, 0.1) is 12.8 Å². The highest BCUT2D eigenvalue weighted by atomic mass is 32.2. The molecule has 1 aromatic rings. The van der Waals surface area contributed by atoms with Crippen LogP contribution in [0.5, 0.6) is 0 Å². The normalized spacial score (nSPS) is 22.0. The first-order valence-corrected chi connectivity index (χ1v) is 6.53. The average Bonchev–Trinajstić information content (AvgIpc) is 2.64. The Morgan fingerprint density at radius 1 is 1.54 bits per heavy atom. The van der Waals surface area contributed by atoms with Crippen LogP contribution in [0.2, 0.25) is 0 Å². The van der Waals surface area contributed by atoms with Crippen LogP contribution in [0.15, 0.2) is 22.4 Å². The van der Waals surface area contributed by atoms with Crippen molar-refractivity contribution in [3.8, 4) is 0 Å². The van der Waals surface area contributed by atoms with Gasteiger partial charge >= 0.3 is 0 Å². The maximum atomic E-state index is 2.35. The van der Waals surface area contributed by atoms with Crippen molar-refractivity contribution in [2.75, 3.05) is 5.75 Å². The van der Waals surface area contributed by atoms with Crippen molar-refractivity contribution in [1.29, 1.82) is 0 Å². The number of allylic oxidation sites excluding steroid dienone is 1. The summed E-state index contributed by atoms with van der Waals surface area (Å²) in [4.78, 5) is 1.51. The molecule has 2 rings (SSSR count).